The first-order valence-corrected chi connectivity index (χ1v) is 10.2. The lowest BCUT2D eigenvalue weighted by Crippen LogP contribution is -2.49. The summed E-state index contributed by atoms with van der Waals surface area (Å²) in [6.07, 6.45) is 0. The highest BCUT2D eigenvalue weighted by atomic mass is 32.2. The molecule has 1 N–H and O–H groups in total. The van der Waals surface area contributed by atoms with Gasteiger partial charge in [0, 0.05) is 38.8 Å². The van der Waals surface area contributed by atoms with Gasteiger partial charge in [0.2, 0.25) is 16.9 Å². The van der Waals surface area contributed by atoms with Crippen molar-refractivity contribution in [1.29, 1.82) is 0 Å². The van der Waals surface area contributed by atoms with E-state index in [1.165, 1.54) is 23.1 Å². The van der Waals surface area contributed by atoms with E-state index in [1.807, 2.05) is 25.7 Å². The predicted molar refractivity (Wildman–Crippen MR) is 99.2 cm³/mol. The first kappa shape index (κ1) is 19.9. The van der Waals surface area contributed by atoms with E-state index in [0.29, 0.717) is 25.4 Å². The molecule has 10 heteroatoms. The summed E-state index contributed by atoms with van der Waals surface area (Å²) in [6.45, 7) is 9.21. The van der Waals surface area contributed by atoms with Crippen LogP contribution >= 0.6 is 23.1 Å². The van der Waals surface area contributed by atoms with Crippen LogP contribution in [0.3, 0.4) is 0 Å². The summed E-state index contributed by atoms with van der Waals surface area (Å²) in [5.41, 5.74) is 0. The lowest BCUT2D eigenvalue weighted by atomic mass is 10.3. The van der Waals surface area contributed by atoms with Gasteiger partial charge in [0.25, 0.3) is 0 Å². The third-order valence-electron chi connectivity index (χ3n) is 3.50. The van der Waals surface area contributed by atoms with E-state index in [1.54, 1.807) is 0 Å². The number of anilines is 1. The predicted octanol–water partition coefficient (Wildman–Crippen LogP) is 0.840. The molecule has 1 fully saturated rings. The first-order chi connectivity index (χ1) is 12.0. The van der Waals surface area contributed by atoms with Crippen molar-refractivity contribution in [3.05, 3.63) is 0 Å². The second kappa shape index (κ2) is 9.93. The van der Waals surface area contributed by atoms with Crippen molar-refractivity contribution < 1.29 is 14.3 Å². The van der Waals surface area contributed by atoms with Gasteiger partial charge in [0.15, 0.2) is 4.34 Å². The Morgan fingerprint density at radius 3 is 2.64 bits per heavy atom. The number of nitrogens with zero attached hydrogens (tertiary/aromatic N) is 4. The summed E-state index contributed by atoms with van der Waals surface area (Å²) in [5.74, 6) is 0.372. The van der Waals surface area contributed by atoms with Gasteiger partial charge in [-0.05, 0) is 20.8 Å². The molecule has 2 rings (SSSR count). The molecule has 0 saturated carbocycles. The molecule has 0 bridgehead atoms. The molecule has 0 unspecified atom stereocenters. The van der Waals surface area contributed by atoms with Gasteiger partial charge in [-0.1, -0.05) is 23.1 Å². The Labute approximate surface area is 156 Å². The van der Waals surface area contributed by atoms with Crippen LogP contribution in [0.15, 0.2) is 4.34 Å². The van der Waals surface area contributed by atoms with Gasteiger partial charge in [0.1, 0.15) is 6.61 Å². The van der Waals surface area contributed by atoms with Gasteiger partial charge >= 0.3 is 0 Å². The van der Waals surface area contributed by atoms with E-state index in [9.17, 15) is 9.59 Å². The third kappa shape index (κ3) is 6.44. The highest BCUT2D eigenvalue weighted by Gasteiger charge is 2.23. The van der Waals surface area contributed by atoms with Crippen molar-refractivity contribution in [2.75, 3.05) is 50.0 Å². The minimum atomic E-state index is -0.00169. The molecule has 1 saturated heterocycles. The normalized spacial score (nSPS) is 14.9. The Kier molecular flexibility index (Phi) is 7.91. The van der Waals surface area contributed by atoms with Gasteiger partial charge in [-0.25, -0.2) is 0 Å². The van der Waals surface area contributed by atoms with Crippen molar-refractivity contribution >= 4 is 40.0 Å². The summed E-state index contributed by atoms with van der Waals surface area (Å²) >= 11 is 2.88. The molecule has 0 atom stereocenters. The quantitative estimate of drug-likeness (QED) is 0.661. The summed E-state index contributed by atoms with van der Waals surface area (Å²) in [7, 11) is 0. The van der Waals surface area contributed by atoms with Crippen molar-refractivity contribution in [2.24, 2.45) is 0 Å². The number of thioether (sulfide) groups is 1. The molecule has 2 heterocycles. The second-order valence-corrected chi connectivity index (χ2v) is 8.04. The fourth-order valence-electron chi connectivity index (χ4n) is 2.31. The average molecular weight is 388 g/mol. The van der Waals surface area contributed by atoms with Crippen LogP contribution in [-0.4, -0.2) is 78.1 Å². The number of carbonyl (C=O) groups excluding carboxylic acids is 2. The van der Waals surface area contributed by atoms with Crippen LogP contribution in [0.2, 0.25) is 0 Å². The highest BCUT2D eigenvalue weighted by molar-refractivity contribution is 8.01. The van der Waals surface area contributed by atoms with Crippen molar-refractivity contribution in [2.45, 2.75) is 31.2 Å². The molecule has 1 aromatic rings. The number of aromatic nitrogens is 2. The Morgan fingerprint density at radius 2 is 2.00 bits per heavy atom. The van der Waals surface area contributed by atoms with Crippen LogP contribution in [0.5, 0.6) is 0 Å². The Morgan fingerprint density at radius 1 is 1.28 bits per heavy atom. The lowest BCUT2D eigenvalue weighted by molar-refractivity contribution is -0.136. The molecule has 1 aromatic heterocycles. The standard InChI is InChI=1S/C15H25N5O3S2/c1-4-23-9-13(22)19-5-7-20(8-6-19)14-17-18-15(25-14)24-10-12(21)16-11(2)3/h11H,4-10H2,1-3H3,(H,16,21). The minimum absolute atomic E-state index is 0.00169. The second-order valence-electron chi connectivity index (χ2n) is 5.87. The van der Waals surface area contributed by atoms with E-state index >= 15 is 0 Å². The molecule has 2 amide bonds. The Bertz CT molecular complexity index is 573. The molecule has 25 heavy (non-hydrogen) atoms. The Hall–Kier alpha value is -1.39. The zero-order valence-corrected chi connectivity index (χ0v) is 16.5. The molecule has 8 nitrogen and oxygen atoms in total. The summed E-state index contributed by atoms with van der Waals surface area (Å²) in [4.78, 5) is 27.6. The van der Waals surface area contributed by atoms with Crippen LogP contribution in [-0.2, 0) is 14.3 Å². The molecule has 0 radical (unpaired) electrons. The number of nitrogens with one attached hydrogen (secondary N) is 1. The van der Waals surface area contributed by atoms with Crippen LogP contribution in [0, 0.1) is 0 Å². The molecule has 0 aliphatic carbocycles. The molecular formula is C15H25N5O3S2. The number of hydrogen-bond donors (Lipinski definition) is 1. The number of ether oxygens (including phenoxy) is 1. The van der Waals surface area contributed by atoms with E-state index in [4.69, 9.17) is 4.74 Å². The van der Waals surface area contributed by atoms with Crippen molar-refractivity contribution in [1.82, 2.24) is 20.4 Å². The maximum absolute atomic E-state index is 11.9. The Balaban J connectivity index is 1.77. The number of carbonyl (C=O) groups is 2. The SMILES string of the molecule is CCOCC(=O)N1CCN(c2nnc(SCC(=O)NC(C)C)s2)CC1. The first-order valence-electron chi connectivity index (χ1n) is 8.35. The summed E-state index contributed by atoms with van der Waals surface area (Å²) in [6, 6.07) is 0.139. The molecule has 1 aliphatic heterocycles. The van der Waals surface area contributed by atoms with Gasteiger partial charge in [-0.15, -0.1) is 10.2 Å². The maximum Gasteiger partial charge on any atom is 0.248 e. The van der Waals surface area contributed by atoms with Crippen LogP contribution in [0.25, 0.3) is 0 Å². The van der Waals surface area contributed by atoms with Gasteiger partial charge in [-0.3, -0.25) is 9.59 Å². The minimum Gasteiger partial charge on any atom is -0.372 e. The lowest BCUT2D eigenvalue weighted by Gasteiger charge is -2.34. The van der Waals surface area contributed by atoms with E-state index in [0.717, 1.165) is 22.6 Å². The van der Waals surface area contributed by atoms with Gasteiger partial charge < -0.3 is 19.9 Å². The molecule has 0 spiro atoms. The zero-order valence-electron chi connectivity index (χ0n) is 14.9. The zero-order chi connectivity index (χ0) is 18.2. The number of rotatable bonds is 8. The third-order valence-corrected chi connectivity index (χ3v) is 5.62. The van der Waals surface area contributed by atoms with Crippen molar-refractivity contribution in [3.63, 3.8) is 0 Å². The summed E-state index contributed by atoms with van der Waals surface area (Å²) in [5, 5.41) is 12.0. The van der Waals surface area contributed by atoms with E-state index in [2.05, 4.69) is 20.4 Å². The molecule has 140 valence electrons. The number of piperazine rings is 1. The average Bonchev–Trinajstić information content (AvgIpc) is 3.06. The van der Waals surface area contributed by atoms with Crippen LogP contribution in [0.4, 0.5) is 5.13 Å². The fraction of sp³-hybridized carbons (Fsp3) is 0.733. The monoisotopic (exact) mass is 387 g/mol. The molecular weight excluding hydrogens is 362 g/mol. The summed E-state index contributed by atoms with van der Waals surface area (Å²) < 4.78 is 5.95. The molecule has 0 aromatic carbocycles. The fourth-order valence-corrected chi connectivity index (χ4v) is 4.01. The highest BCUT2D eigenvalue weighted by Crippen LogP contribution is 2.28. The largest absolute Gasteiger partial charge is 0.372 e. The number of amides is 2. The van der Waals surface area contributed by atoms with E-state index in [-0.39, 0.29) is 24.5 Å². The maximum atomic E-state index is 11.9. The van der Waals surface area contributed by atoms with Crippen LogP contribution < -0.4 is 10.2 Å². The topological polar surface area (TPSA) is 87.7 Å². The van der Waals surface area contributed by atoms with Crippen molar-refractivity contribution in [3.8, 4) is 0 Å². The van der Waals surface area contributed by atoms with Gasteiger partial charge in [-0.2, -0.15) is 0 Å². The van der Waals surface area contributed by atoms with Gasteiger partial charge in [0.05, 0.1) is 5.75 Å². The van der Waals surface area contributed by atoms with Crippen LogP contribution in [0.1, 0.15) is 20.8 Å². The van der Waals surface area contributed by atoms with E-state index < -0.39 is 0 Å². The number of hydrogen-bond acceptors (Lipinski definition) is 8. The molecule has 1 aliphatic rings. The smallest absolute Gasteiger partial charge is 0.248 e.